The molecular weight excluding hydrogens is 302 g/mol. The number of aliphatic carboxylic acids is 1. The number of nitrogens with two attached hydrogens (primary N) is 1. The van der Waals surface area contributed by atoms with Gasteiger partial charge in [-0.3, -0.25) is 4.79 Å². The lowest BCUT2D eigenvalue weighted by Crippen LogP contribution is -3.14. The van der Waals surface area contributed by atoms with Gasteiger partial charge in [0.2, 0.25) is 0 Å². The summed E-state index contributed by atoms with van der Waals surface area (Å²) in [7, 11) is 0. The summed E-state index contributed by atoms with van der Waals surface area (Å²) in [5, 5.41) is 13.6. The fraction of sp³-hybridized carbons (Fsp3) is 0.400. The molecule has 1 amide bonds. The number of carboxylic acid groups (broad SMARTS) is 1. The largest absolute Gasteiger partial charge is 0.550 e. The maximum atomic E-state index is 12.0. The molecule has 1 fully saturated rings. The monoisotopic (exact) mass is 321 g/mol. The lowest BCUT2D eigenvalue weighted by atomic mass is 9.97. The Bertz CT molecular complexity index is 566. The number of anilines is 1. The number of carbonyl (C=O) groups excluding carboxylic acids is 2. The standard InChI is InChI=1S/C15H19N3O3S/c16-14(22)10-1-3-12(4-2-10)17-13(19)9-18-7-5-11(6-8-18)15(20)21/h1-4,11H,5-9H2,(H2,16,22)(H,17,19)(H,20,21). The summed E-state index contributed by atoms with van der Waals surface area (Å²) in [6.45, 7) is 1.68. The molecule has 1 aliphatic rings. The van der Waals surface area contributed by atoms with Crippen LogP contribution >= 0.6 is 12.2 Å². The quantitative estimate of drug-likeness (QED) is 0.562. The zero-order chi connectivity index (χ0) is 16.1. The molecule has 118 valence electrons. The van der Waals surface area contributed by atoms with E-state index in [-0.39, 0.29) is 11.8 Å². The smallest absolute Gasteiger partial charge is 0.279 e. The van der Waals surface area contributed by atoms with Gasteiger partial charge in [0.15, 0.2) is 6.54 Å². The number of likely N-dealkylation sites (tertiary alicyclic amines) is 1. The molecule has 7 heteroatoms. The van der Waals surface area contributed by atoms with Gasteiger partial charge in [0.25, 0.3) is 5.91 Å². The number of piperidine rings is 1. The first-order chi connectivity index (χ1) is 10.5. The zero-order valence-electron chi connectivity index (χ0n) is 12.1. The summed E-state index contributed by atoms with van der Waals surface area (Å²) in [4.78, 5) is 24.2. The summed E-state index contributed by atoms with van der Waals surface area (Å²) in [6, 6.07) is 7.03. The molecule has 0 aromatic heterocycles. The molecule has 1 saturated heterocycles. The fourth-order valence-corrected chi connectivity index (χ4v) is 2.72. The summed E-state index contributed by atoms with van der Waals surface area (Å²) < 4.78 is 0. The van der Waals surface area contributed by atoms with E-state index >= 15 is 0 Å². The van der Waals surface area contributed by atoms with E-state index in [1.165, 1.54) is 0 Å². The number of hydrogen-bond acceptors (Lipinski definition) is 4. The van der Waals surface area contributed by atoms with E-state index < -0.39 is 5.97 Å². The topological polar surface area (TPSA) is 99.7 Å². The average Bonchev–Trinajstić information content (AvgIpc) is 2.48. The molecule has 0 spiro atoms. The van der Waals surface area contributed by atoms with E-state index in [4.69, 9.17) is 18.0 Å². The average molecular weight is 321 g/mol. The predicted molar refractivity (Wildman–Crippen MR) is 84.3 cm³/mol. The highest BCUT2D eigenvalue weighted by atomic mass is 32.1. The molecule has 22 heavy (non-hydrogen) atoms. The van der Waals surface area contributed by atoms with Crippen molar-refractivity contribution in [3.8, 4) is 0 Å². The van der Waals surface area contributed by atoms with Crippen molar-refractivity contribution in [1.29, 1.82) is 0 Å². The van der Waals surface area contributed by atoms with Crippen molar-refractivity contribution in [2.24, 2.45) is 11.7 Å². The molecule has 2 rings (SSSR count). The minimum Gasteiger partial charge on any atom is -0.550 e. The number of carbonyl (C=O) groups is 2. The van der Waals surface area contributed by atoms with Gasteiger partial charge in [-0.2, -0.15) is 0 Å². The Labute approximate surface area is 134 Å². The van der Waals surface area contributed by atoms with Crippen LogP contribution in [0.3, 0.4) is 0 Å². The Morgan fingerprint density at radius 3 is 2.36 bits per heavy atom. The molecule has 1 heterocycles. The fourth-order valence-electron chi connectivity index (χ4n) is 2.59. The number of hydrogen-bond donors (Lipinski definition) is 3. The number of carboxylic acids is 1. The maximum absolute atomic E-state index is 12.0. The number of nitrogens with one attached hydrogen (secondary N) is 2. The summed E-state index contributed by atoms with van der Waals surface area (Å²) >= 11 is 4.87. The molecule has 0 aliphatic carbocycles. The van der Waals surface area contributed by atoms with Gasteiger partial charge in [0, 0.05) is 36.0 Å². The van der Waals surface area contributed by atoms with Crippen LogP contribution in [0.5, 0.6) is 0 Å². The van der Waals surface area contributed by atoms with E-state index in [9.17, 15) is 14.7 Å². The van der Waals surface area contributed by atoms with Gasteiger partial charge >= 0.3 is 0 Å². The highest BCUT2D eigenvalue weighted by Gasteiger charge is 2.24. The van der Waals surface area contributed by atoms with E-state index in [1.54, 1.807) is 24.3 Å². The van der Waals surface area contributed by atoms with Gasteiger partial charge in [-0.1, -0.05) is 12.2 Å². The molecule has 0 radical (unpaired) electrons. The van der Waals surface area contributed by atoms with Gasteiger partial charge in [0.05, 0.1) is 13.1 Å². The number of quaternary nitrogens is 1. The first-order valence-electron chi connectivity index (χ1n) is 7.20. The third-order valence-electron chi connectivity index (χ3n) is 3.89. The molecule has 0 saturated carbocycles. The van der Waals surface area contributed by atoms with Crippen LogP contribution in [0.25, 0.3) is 0 Å². The summed E-state index contributed by atoms with van der Waals surface area (Å²) in [5.74, 6) is -1.45. The first-order valence-corrected chi connectivity index (χ1v) is 7.60. The summed E-state index contributed by atoms with van der Waals surface area (Å²) in [5.41, 5.74) is 6.96. The van der Waals surface area contributed by atoms with Gasteiger partial charge in [-0.15, -0.1) is 0 Å². The van der Waals surface area contributed by atoms with Crippen LogP contribution in [-0.4, -0.2) is 36.5 Å². The molecule has 1 aliphatic heterocycles. The van der Waals surface area contributed by atoms with Crippen molar-refractivity contribution in [3.63, 3.8) is 0 Å². The van der Waals surface area contributed by atoms with Crippen molar-refractivity contribution in [3.05, 3.63) is 29.8 Å². The van der Waals surface area contributed by atoms with E-state index in [0.29, 0.717) is 43.2 Å². The zero-order valence-corrected chi connectivity index (χ0v) is 12.9. The normalized spacial score (nSPS) is 21.1. The molecule has 4 N–H and O–H groups in total. The second kappa shape index (κ2) is 7.33. The van der Waals surface area contributed by atoms with Crippen LogP contribution < -0.4 is 21.1 Å². The van der Waals surface area contributed by atoms with Crippen LogP contribution in [0.1, 0.15) is 18.4 Å². The number of benzene rings is 1. The number of amides is 1. The molecule has 1 aromatic carbocycles. The van der Waals surface area contributed by atoms with Crippen molar-refractivity contribution >= 4 is 34.8 Å². The minimum atomic E-state index is -0.985. The predicted octanol–water partition coefficient (Wildman–Crippen LogP) is -1.70. The molecular formula is C15H19N3O3S. The number of rotatable bonds is 5. The van der Waals surface area contributed by atoms with Crippen molar-refractivity contribution in [2.75, 3.05) is 25.0 Å². The van der Waals surface area contributed by atoms with Crippen LogP contribution in [0.4, 0.5) is 5.69 Å². The highest BCUT2D eigenvalue weighted by Crippen LogP contribution is 2.10. The Morgan fingerprint density at radius 1 is 1.27 bits per heavy atom. The van der Waals surface area contributed by atoms with Crippen molar-refractivity contribution in [1.82, 2.24) is 0 Å². The first kappa shape index (κ1) is 16.4. The van der Waals surface area contributed by atoms with Gasteiger partial charge in [0.1, 0.15) is 4.99 Å². The van der Waals surface area contributed by atoms with Crippen molar-refractivity contribution < 1.29 is 19.6 Å². The second-order valence-electron chi connectivity index (χ2n) is 5.51. The van der Waals surface area contributed by atoms with Gasteiger partial charge < -0.3 is 25.9 Å². The van der Waals surface area contributed by atoms with Crippen LogP contribution in [0.2, 0.25) is 0 Å². The van der Waals surface area contributed by atoms with E-state index in [0.717, 1.165) is 10.5 Å². The Kier molecular flexibility index (Phi) is 5.46. The van der Waals surface area contributed by atoms with E-state index in [1.807, 2.05) is 0 Å². The van der Waals surface area contributed by atoms with Crippen LogP contribution in [-0.2, 0) is 9.59 Å². The van der Waals surface area contributed by atoms with Crippen LogP contribution in [0.15, 0.2) is 24.3 Å². The van der Waals surface area contributed by atoms with Gasteiger partial charge in [-0.25, -0.2) is 0 Å². The Balaban J connectivity index is 1.81. The molecule has 0 unspecified atom stereocenters. The van der Waals surface area contributed by atoms with E-state index in [2.05, 4.69) is 5.32 Å². The van der Waals surface area contributed by atoms with Crippen LogP contribution in [0, 0.1) is 5.92 Å². The number of thiocarbonyl (C=S) groups is 1. The second-order valence-corrected chi connectivity index (χ2v) is 5.95. The molecule has 0 atom stereocenters. The maximum Gasteiger partial charge on any atom is 0.279 e. The van der Waals surface area contributed by atoms with Gasteiger partial charge in [-0.05, 0) is 24.3 Å². The summed E-state index contributed by atoms with van der Waals surface area (Å²) in [6.07, 6.45) is 1.13. The third-order valence-corrected chi connectivity index (χ3v) is 4.13. The Morgan fingerprint density at radius 2 is 1.86 bits per heavy atom. The Hall–Kier alpha value is -1.99. The lowest BCUT2D eigenvalue weighted by Gasteiger charge is -2.29. The lowest BCUT2D eigenvalue weighted by molar-refractivity contribution is -0.897. The molecule has 6 nitrogen and oxygen atoms in total. The molecule has 1 aromatic rings. The minimum absolute atomic E-state index is 0.0926. The SMILES string of the molecule is NC(=S)c1ccc(NC(=O)C[NH+]2CCC(C(=O)[O-])CC2)cc1. The third kappa shape index (κ3) is 4.51. The highest BCUT2D eigenvalue weighted by molar-refractivity contribution is 7.80. The van der Waals surface area contributed by atoms with Crippen molar-refractivity contribution in [2.45, 2.75) is 12.8 Å². The molecule has 0 bridgehead atoms.